The lowest BCUT2D eigenvalue weighted by Gasteiger charge is -2.25. The predicted octanol–water partition coefficient (Wildman–Crippen LogP) is 3.16. The molecular weight excluding hydrogens is 330 g/mol. The highest BCUT2D eigenvalue weighted by atomic mass is 32.1. The largest absolute Gasteiger partial charge is 0.396 e. The van der Waals surface area contributed by atoms with Crippen molar-refractivity contribution in [3.05, 3.63) is 77.0 Å². The molecule has 0 radical (unpaired) electrons. The highest BCUT2D eigenvalue weighted by Crippen LogP contribution is 2.38. The van der Waals surface area contributed by atoms with Crippen molar-refractivity contribution in [1.82, 2.24) is 4.90 Å². The lowest BCUT2D eigenvalue weighted by atomic mass is 9.92. The van der Waals surface area contributed by atoms with Crippen molar-refractivity contribution in [2.75, 3.05) is 26.0 Å². The van der Waals surface area contributed by atoms with Crippen molar-refractivity contribution in [3.63, 3.8) is 0 Å². The maximum atomic E-state index is 13.1. The molecule has 0 amide bonds. The van der Waals surface area contributed by atoms with Gasteiger partial charge < -0.3 is 15.5 Å². The van der Waals surface area contributed by atoms with E-state index in [4.69, 9.17) is 18.0 Å². The van der Waals surface area contributed by atoms with Crippen LogP contribution in [-0.4, -0.2) is 36.8 Å². The summed E-state index contributed by atoms with van der Waals surface area (Å²) in [4.78, 5) is 17.5. The quantitative estimate of drug-likeness (QED) is 0.677. The molecule has 0 saturated heterocycles. The molecule has 3 rings (SSSR count). The van der Waals surface area contributed by atoms with Gasteiger partial charge in [0.1, 0.15) is 4.99 Å². The number of nitrogens with zero attached hydrogens (tertiary/aromatic N) is 2. The Kier molecular flexibility index (Phi) is 4.59. The molecule has 1 heterocycles. The first-order chi connectivity index (χ1) is 11.9. The molecule has 4 nitrogen and oxygen atoms in total. The van der Waals surface area contributed by atoms with E-state index in [2.05, 4.69) is 0 Å². The van der Waals surface area contributed by atoms with E-state index < -0.39 is 0 Å². The summed E-state index contributed by atoms with van der Waals surface area (Å²) < 4.78 is 0. The lowest BCUT2D eigenvalue weighted by Crippen LogP contribution is -2.26. The Labute approximate surface area is 153 Å². The molecular formula is C20H21N3OS. The number of Topliss-reactive ketones (excluding diaryl/α,β-unsaturated/α-hetero) is 1. The highest BCUT2D eigenvalue weighted by molar-refractivity contribution is 7.80. The van der Waals surface area contributed by atoms with Gasteiger partial charge in [0.05, 0.1) is 17.3 Å². The van der Waals surface area contributed by atoms with Gasteiger partial charge in [-0.05, 0) is 17.7 Å². The molecule has 128 valence electrons. The van der Waals surface area contributed by atoms with Crippen LogP contribution in [0.25, 0.3) is 0 Å². The van der Waals surface area contributed by atoms with Crippen LogP contribution in [0.4, 0.5) is 5.69 Å². The fourth-order valence-corrected chi connectivity index (χ4v) is 3.32. The summed E-state index contributed by atoms with van der Waals surface area (Å²) in [7, 11) is 5.87. The number of ketones is 1. The third-order valence-electron chi connectivity index (χ3n) is 4.51. The zero-order valence-electron chi connectivity index (χ0n) is 14.6. The normalized spacial score (nSPS) is 17.2. The third kappa shape index (κ3) is 3.03. The van der Waals surface area contributed by atoms with Crippen LogP contribution in [0.2, 0.25) is 0 Å². The van der Waals surface area contributed by atoms with Crippen LogP contribution < -0.4 is 10.6 Å². The molecule has 0 aromatic heterocycles. The molecule has 5 heteroatoms. The highest BCUT2D eigenvalue weighted by Gasteiger charge is 2.38. The third-order valence-corrected chi connectivity index (χ3v) is 5.02. The van der Waals surface area contributed by atoms with Crippen LogP contribution in [0.15, 0.2) is 65.9 Å². The molecule has 2 aromatic rings. The van der Waals surface area contributed by atoms with Gasteiger partial charge in [0.15, 0.2) is 5.78 Å². The fraction of sp³-hybridized carbons (Fsp3) is 0.200. The molecule has 1 aliphatic rings. The van der Waals surface area contributed by atoms with Crippen molar-refractivity contribution < 1.29 is 4.79 Å². The van der Waals surface area contributed by atoms with Crippen molar-refractivity contribution in [1.29, 1.82) is 0 Å². The second-order valence-electron chi connectivity index (χ2n) is 6.33. The minimum absolute atomic E-state index is 0.0773. The van der Waals surface area contributed by atoms with Gasteiger partial charge in [-0.15, -0.1) is 0 Å². The number of hydrogen-bond acceptors (Lipinski definition) is 4. The van der Waals surface area contributed by atoms with E-state index >= 15 is 0 Å². The van der Waals surface area contributed by atoms with Gasteiger partial charge in [0.25, 0.3) is 0 Å². The van der Waals surface area contributed by atoms with Crippen LogP contribution in [-0.2, 0) is 0 Å². The molecule has 0 saturated carbocycles. The molecule has 2 N–H and O–H groups in total. The van der Waals surface area contributed by atoms with E-state index in [1.54, 1.807) is 12.1 Å². The van der Waals surface area contributed by atoms with Gasteiger partial charge in [-0.25, -0.2) is 0 Å². The first kappa shape index (κ1) is 17.2. The SMILES string of the molecule is CN(C)c1ccc(C2C(C(=O)c3ccccc3)=C(N)C(=S)N2C)cc1. The Bertz CT molecular complexity index is 841. The number of benzene rings is 2. The van der Waals surface area contributed by atoms with Crippen molar-refractivity contribution >= 4 is 28.7 Å². The van der Waals surface area contributed by atoms with Gasteiger partial charge >= 0.3 is 0 Å². The number of rotatable bonds is 4. The van der Waals surface area contributed by atoms with Gasteiger partial charge in [-0.3, -0.25) is 4.79 Å². The molecule has 1 atom stereocenters. The summed E-state index contributed by atoms with van der Waals surface area (Å²) in [6.07, 6.45) is 0. The Morgan fingerprint density at radius 2 is 1.68 bits per heavy atom. The fourth-order valence-electron chi connectivity index (χ4n) is 3.10. The summed E-state index contributed by atoms with van der Waals surface area (Å²) in [5.41, 5.74) is 9.88. The monoisotopic (exact) mass is 351 g/mol. The smallest absolute Gasteiger partial charge is 0.193 e. The maximum absolute atomic E-state index is 13.1. The summed E-state index contributed by atoms with van der Waals surface area (Å²) in [5.74, 6) is -0.0773. The average Bonchev–Trinajstić information content (AvgIpc) is 2.86. The van der Waals surface area contributed by atoms with E-state index in [-0.39, 0.29) is 11.8 Å². The first-order valence-corrected chi connectivity index (χ1v) is 8.46. The minimum atomic E-state index is -0.267. The number of anilines is 1. The van der Waals surface area contributed by atoms with Crippen LogP contribution in [0.3, 0.4) is 0 Å². The van der Waals surface area contributed by atoms with E-state index in [0.29, 0.717) is 21.8 Å². The molecule has 1 unspecified atom stereocenters. The molecule has 1 aliphatic heterocycles. The van der Waals surface area contributed by atoms with Crippen molar-refractivity contribution in [2.45, 2.75) is 6.04 Å². The molecule has 0 fully saturated rings. The lowest BCUT2D eigenvalue weighted by molar-refractivity contribution is 0.102. The maximum Gasteiger partial charge on any atom is 0.193 e. The predicted molar refractivity (Wildman–Crippen MR) is 106 cm³/mol. The standard InChI is InChI=1S/C20H21N3OS/c1-22(2)15-11-9-13(10-12-15)18-16(17(21)20(25)23(18)3)19(24)14-7-5-4-6-8-14/h4-12,18H,21H2,1-3H3. The van der Waals surface area contributed by atoms with Crippen LogP contribution >= 0.6 is 12.2 Å². The Hall–Kier alpha value is -2.66. The van der Waals surface area contributed by atoms with Crippen LogP contribution in [0.1, 0.15) is 22.0 Å². The van der Waals surface area contributed by atoms with Gasteiger partial charge in [0.2, 0.25) is 0 Å². The zero-order chi connectivity index (χ0) is 18.1. The average molecular weight is 351 g/mol. The number of nitrogens with two attached hydrogens (primary N) is 1. The second kappa shape index (κ2) is 6.69. The Morgan fingerprint density at radius 3 is 2.24 bits per heavy atom. The number of likely N-dealkylation sites (N-methyl/N-ethyl adjacent to an activating group) is 1. The number of carbonyl (C=O) groups is 1. The van der Waals surface area contributed by atoms with E-state index in [0.717, 1.165) is 11.3 Å². The number of thiocarbonyl (C=S) groups is 1. The Balaban J connectivity index is 2.04. The van der Waals surface area contributed by atoms with Gasteiger partial charge in [-0.1, -0.05) is 54.7 Å². The zero-order valence-corrected chi connectivity index (χ0v) is 15.4. The van der Waals surface area contributed by atoms with Crippen LogP contribution in [0, 0.1) is 0 Å². The van der Waals surface area contributed by atoms with E-state index in [1.165, 1.54) is 0 Å². The van der Waals surface area contributed by atoms with Gasteiger partial charge in [-0.2, -0.15) is 0 Å². The summed E-state index contributed by atoms with van der Waals surface area (Å²) in [5, 5.41) is 0. The summed E-state index contributed by atoms with van der Waals surface area (Å²) in [6, 6.07) is 17.0. The Morgan fingerprint density at radius 1 is 1.08 bits per heavy atom. The van der Waals surface area contributed by atoms with Crippen molar-refractivity contribution in [2.24, 2.45) is 5.73 Å². The first-order valence-electron chi connectivity index (χ1n) is 8.05. The van der Waals surface area contributed by atoms with E-state index in [9.17, 15) is 4.79 Å². The molecule has 0 spiro atoms. The minimum Gasteiger partial charge on any atom is -0.396 e. The molecule has 0 aliphatic carbocycles. The molecule has 2 aromatic carbocycles. The van der Waals surface area contributed by atoms with Crippen molar-refractivity contribution in [3.8, 4) is 0 Å². The second-order valence-corrected chi connectivity index (χ2v) is 6.71. The van der Waals surface area contributed by atoms with Crippen LogP contribution in [0.5, 0.6) is 0 Å². The van der Waals surface area contributed by atoms with E-state index in [1.807, 2.05) is 73.4 Å². The molecule has 25 heavy (non-hydrogen) atoms. The van der Waals surface area contributed by atoms with Gasteiger partial charge in [0, 0.05) is 32.4 Å². The molecule has 0 bridgehead atoms. The topological polar surface area (TPSA) is 49.6 Å². The number of hydrogen-bond donors (Lipinski definition) is 1. The summed E-state index contributed by atoms with van der Waals surface area (Å²) in [6.45, 7) is 0. The summed E-state index contributed by atoms with van der Waals surface area (Å²) >= 11 is 5.44. The number of carbonyl (C=O) groups excluding carboxylic acids is 1.